The van der Waals surface area contributed by atoms with Crippen molar-refractivity contribution in [3.05, 3.63) is 59.4 Å². The molecule has 1 fully saturated rings. The number of fused-ring (bicyclic) bond motifs is 1. The van der Waals surface area contributed by atoms with Crippen LogP contribution in [0.25, 0.3) is 0 Å². The Kier molecular flexibility index (Phi) is 6.08. The lowest BCUT2D eigenvalue weighted by atomic mass is 9.79. The molecule has 4 aliphatic rings. The van der Waals surface area contributed by atoms with Crippen molar-refractivity contribution in [1.82, 2.24) is 25.8 Å². The molecule has 6 rings (SSSR count). The molecular formula is C27H34N9O5+. The van der Waals surface area contributed by atoms with Crippen LogP contribution in [0.1, 0.15) is 46.5 Å². The molecule has 216 valence electrons. The van der Waals surface area contributed by atoms with Crippen LogP contribution in [0.5, 0.6) is 5.75 Å². The Morgan fingerprint density at radius 3 is 2.71 bits per heavy atom. The van der Waals surface area contributed by atoms with Gasteiger partial charge in [0.1, 0.15) is 17.8 Å². The molecule has 4 aliphatic heterocycles. The highest BCUT2D eigenvalue weighted by molar-refractivity contribution is 5.98. The van der Waals surface area contributed by atoms with Crippen LogP contribution < -0.4 is 37.1 Å². The number of rotatable bonds is 5. The monoisotopic (exact) mass is 564 g/mol. The zero-order chi connectivity index (χ0) is 29.2. The molecule has 41 heavy (non-hydrogen) atoms. The van der Waals surface area contributed by atoms with Gasteiger partial charge in [0, 0.05) is 30.1 Å². The second kappa shape index (κ2) is 9.31. The molecule has 0 aliphatic carbocycles. The topological polar surface area (TPSA) is 214 Å². The molecule has 14 heteroatoms. The van der Waals surface area contributed by atoms with Gasteiger partial charge in [0.25, 0.3) is 17.5 Å². The van der Waals surface area contributed by atoms with Gasteiger partial charge < -0.3 is 31.3 Å². The number of aliphatic hydroxyl groups is 2. The number of carbonyl (C=O) groups is 2. The number of aromatic nitrogens is 1. The SMILES string of the molecule is CC1(C)CCOc2c(C(=O)NC3CN4C(N)=N[C@@H](CNC(=O)c5ccncc5)[C@@H]5[NH+]=C(N)NC54C3(O)O)cccc21. The lowest BCUT2D eigenvalue weighted by Crippen LogP contribution is -2.90. The van der Waals surface area contributed by atoms with Crippen molar-refractivity contribution >= 4 is 23.7 Å². The summed E-state index contributed by atoms with van der Waals surface area (Å²) in [4.78, 5) is 39.2. The maximum absolute atomic E-state index is 13.6. The van der Waals surface area contributed by atoms with E-state index >= 15 is 0 Å². The van der Waals surface area contributed by atoms with Gasteiger partial charge in [-0.05, 0) is 30.0 Å². The van der Waals surface area contributed by atoms with E-state index in [1.807, 2.05) is 6.07 Å². The van der Waals surface area contributed by atoms with Crippen molar-refractivity contribution in [2.24, 2.45) is 16.5 Å². The summed E-state index contributed by atoms with van der Waals surface area (Å²) in [5.41, 5.74) is 12.2. The summed E-state index contributed by atoms with van der Waals surface area (Å²) in [5, 5.41) is 32.0. The van der Waals surface area contributed by atoms with E-state index in [1.165, 1.54) is 17.3 Å². The molecule has 1 aromatic carbocycles. The Balaban J connectivity index is 1.27. The van der Waals surface area contributed by atoms with Gasteiger partial charge in [-0.3, -0.25) is 30.2 Å². The highest BCUT2D eigenvalue weighted by atomic mass is 16.5. The number of nitrogens with two attached hydrogens (primary N) is 2. The third-order valence-corrected chi connectivity index (χ3v) is 8.57. The second-order valence-electron chi connectivity index (χ2n) is 11.5. The quantitative estimate of drug-likeness (QED) is 0.167. The lowest BCUT2D eigenvalue weighted by molar-refractivity contribution is -0.521. The number of amides is 2. The van der Waals surface area contributed by atoms with Crippen LogP contribution in [0.15, 0.2) is 47.7 Å². The van der Waals surface area contributed by atoms with Crippen LogP contribution in [-0.2, 0) is 5.41 Å². The predicted octanol–water partition coefficient (Wildman–Crippen LogP) is -3.57. The van der Waals surface area contributed by atoms with Crippen LogP contribution in [0.2, 0.25) is 0 Å². The molecular weight excluding hydrogens is 530 g/mol. The van der Waals surface area contributed by atoms with Gasteiger partial charge in [-0.25, -0.2) is 10.3 Å². The van der Waals surface area contributed by atoms with E-state index in [1.54, 1.807) is 24.3 Å². The fraction of sp³-hybridized carbons (Fsp3) is 0.444. The summed E-state index contributed by atoms with van der Waals surface area (Å²) < 4.78 is 5.90. The van der Waals surface area contributed by atoms with E-state index in [0.717, 1.165) is 12.0 Å². The summed E-state index contributed by atoms with van der Waals surface area (Å²) in [6.07, 6.45) is 3.82. The number of aliphatic imine (C=N–C) groups is 1. The number of ether oxygens (including phenoxy) is 1. The Hall–Kier alpha value is -4.43. The third-order valence-electron chi connectivity index (χ3n) is 8.57. The van der Waals surface area contributed by atoms with Gasteiger partial charge >= 0.3 is 5.96 Å². The number of nitrogens with one attached hydrogen (secondary N) is 4. The summed E-state index contributed by atoms with van der Waals surface area (Å²) in [7, 11) is 0. The van der Waals surface area contributed by atoms with E-state index in [0.29, 0.717) is 23.5 Å². The maximum atomic E-state index is 13.6. The molecule has 5 heterocycles. The first kappa shape index (κ1) is 26.8. The molecule has 1 spiro atoms. The third kappa shape index (κ3) is 4.04. The largest absolute Gasteiger partial charge is 0.492 e. The van der Waals surface area contributed by atoms with E-state index in [-0.39, 0.29) is 36.3 Å². The average Bonchev–Trinajstić information content (AvgIpc) is 3.41. The van der Waals surface area contributed by atoms with Crippen LogP contribution in [0.3, 0.4) is 0 Å². The fourth-order valence-electron chi connectivity index (χ4n) is 6.32. The molecule has 0 radical (unpaired) electrons. The first-order valence-electron chi connectivity index (χ1n) is 13.4. The van der Waals surface area contributed by atoms with Crippen molar-refractivity contribution in [2.75, 3.05) is 19.7 Å². The van der Waals surface area contributed by atoms with E-state index in [4.69, 9.17) is 16.2 Å². The van der Waals surface area contributed by atoms with Crippen LogP contribution in [-0.4, -0.2) is 93.1 Å². The molecule has 0 bridgehead atoms. The lowest BCUT2D eigenvalue weighted by Gasteiger charge is -2.46. The standard InChI is InChI=1S/C27H33N9O5/c1-25(2)8-11-41-19-15(4-3-5-16(19)25)22(38)33-18-13-36-24(29)32-17(12-31-21(37)14-6-9-30-10-7-14)20-26(36,27(18,39)40)35-23(28)34-20/h3-7,9-10,17-18,20,39-40H,8,11-13H2,1-2H3,(H2,29,32)(H,31,37)(H,33,38)(H3,28,34,35)/p+1/t17-,18?,20-,26?/m0/s1. The van der Waals surface area contributed by atoms with E-state index < -0.39 is 35.5 Å². The number of nitrogens with zero attached hydrogens (tertiary/aromatic N) is 3. The molecule has 2 amide bonds. The Morgan fingerprint density at radius 2 is 1.95 bits per heavy atom. The molecule has 4 atom stereocenters. The van der Waals surface area contributed by atoms with Gasteiger partial charge in [0.15, 0.2) is 12.0 Å². The van der Waals surface area contributed by atoms with Crippen molar-refractivity contribution in [1.29, 1.82) is 0 Å². The van der Waals surface area contributed by atoms with Crippen molar-refractivity contribution in [3.8, 4) is 5.75 Å². The van der Waals surface area contributed by atoms with Gasteiger partial charge in [0.2, 0.25) is 5.79 Å². The molecule has 10 N–H and O–H groups in total. The number of benzene rings is 1. The van der Waals surface area contributed by atoms with Gasteiger partial charge in [-0.1, -0.05) is 26.0 Å². The summed E-state index contributed by atoms with van der Waals surface area (Å²) in [5.74, 6) is -2.90. The molecule has 2 unspecified atom stereocenters. The normalized spacial score (nSPS) is 28.6. The number of hydrogen-bond acceptors (Lipinski definition) is 11. The first-order valence-corrected chi connectivity index (χ1v) is 13.4. The van der Waals surface area contributed by atoms with Gasteiger partial charge in [0.05, 0.1) is 18.7 Å². The van der Waals surface area contributed by atoms with E-state index in [2.05, 4.69) is 44.8 Å². The highest BCUT2D eigenvalue weighted by Gasteiger charge is 2.76. The van der Waals surface area contributed by atoms with Crippen LogP contribution in [0.4, 0.5) is 0 Å². The minimum atomic E-state index is -2.58. The molecule has 0 saturated carbocycles. The summed E-state index contributed by atoms with van der Waals surface area (Å²) >= 11 is 0. The van der Waals surface area contributed by atoms with Crippen molar-refractivity contribution < 1.29 is 29.5 Å². The number of hydrogen-bond donors (Lipinski definition) is 8. The van der Waals surface area contributed by atoms with E-state index in [9.17, 15) is 19.8 Å². The van der Waals surface area contributed by atoms with Crippen LogP contribution in [0, 0.1) is 0 Å². The van der Waals surface area contributed by atoms with Crippen LogP contribution >= 0.6 is 0 Å². The highest BCUT2D eigenvalue weighted by Crippen LogP contribution is 2.43. The zero-order valence-corrected chi connectivity index (χ0v) is 22.7. The number of guanidine groups is 2. The maximum Gasteiger partial charge on any atom is 0.343 e. The molecule has 1 saturated heterocycles. The van der Waals surface area contributed by atoms with Crippen molar-refractivity contribution in [3.63, 3.8) is 0 Å². The predicted molar refractivity (Wildman–Crippen MR) is 147 cm³/mol. The number of carbonyl (C=O) groups excluding carboxylic acids is 2. The zero-order valence-electron chi connectivity index (χ0n) is 22.7. The molecule has 2 aromatic rings. The van der Waals surface area contributed by atoms with Gasteiger partial charge in [-0.15, -0.1) is 0 Å². The molecule has 1 aromatic heterocycles. The summed E-state index contributed by atoms with van der Waals surface area (Å²) in [6.45, 7) is 4.58. The Bertz CT molecular complexity index is 1460. The van der Waals surface area contributed by atoms with Gasteiger partial charge in [-0.2, -0.15) is 0 Å². The fourth-order valence-corrected chi connectivity index (χ4v) is 6.32. The van der Waals surface area contributed by atoms with Crippen molar-refractivity contribution in [2.45, 2.75) is 55.3 Å². The second-order valence-corrected chi connectivity index (χ2v) is 11.5. The Labute approximate surface area is 235 Å². The average molecular weight is 565 g/mol. The summed E-state index contributed by atoms with van der Waals surface area (Å²) in [6, 6.07) is 5.74. The number of pyridine rings is 1. The Morgan fingerprint density at radius 1 is 1.20 bits per heavy atom. The molecule has 14 nitrogen and oxygen atoms in total. The minimum Gasteiger partial charge on any atom is -0.492 e. The minimum absolute atomic E-state index is 0.000178. The first-order chi connectivity index (χ1) is 19.5. The smallest absolute Gasteiger partial charge is 0.343 e. The number of para-hydroxylation sites is 1.